The minimum absolute atomic E-state index is 0.0230. The highest BCUT2D eigenvalue weighted by molar-refractivity contribution is 8.00. The Balaban J connectivity index is 0.000000261. The molecule has 2 saturated heterocycles. The molecule has 2 amide bonds. The van der Waals surface area contributed by atoms with E-state index in [4.69, 9.17) is 22.1 Å². The van der Waals surface area contributed by atoms with Gasteiger partial charge in [-0.05, 0) is 172 Å². The van der Waals surface area contributed by atoms with Gasteiger partial charge in [-0.3, -0.25) is 14.4 Å². The fourth-order valence-corrected chi connectivity index (χ4v) is 10.2. The highest BCUT2D eigenvalue weighted by Gasteiger charge is 2.31. The first-order chi connectivity index (χ1) is 32.0. The van der Waals surface area contributed by atoms with Crippen molar-refractivity contribution in [2.24, 2.45) is 5.92 Å². The van der Waals surface area contributed by atoms with Crippen LogP contribution in [0.5, 0.6) is 0 Å². The van der Waals surface area contributed by atoms with E-state index >= 15 is 0 Å². The van der Waals surface area contributed by atoms with Crippen LogP contribution >= 0.6 is 47.1 Å². The van der Waals surface area contributed by atoms with Crippen LogP contribution in [-0.2, 0) is 4.74 Å². The summed E-state index contributed by atoms with van der Waals surface area (Å²) in [5, 5.41) is 12.0. The highest BCUT2D eigenvalue weighted by atomic mass is 35.5. The van der Waals surface area contributed by atoms with Crippen molar-refractivity contribution in [3.8, 4) is 11.1 Å². The van der Waals surface area contributed by atoms with Crippen molar-refractivity contribution in [2.45, 2.75) is 78.4 Å². The lowest BCUT2D eigenvalue weighted by Crippen LogP contribution is -2.50. The van der Waals surface area contributed by atoms with E-state index in [1.165, 1.54) is 35.6 Å². The standard InChI is InChI=1S/C32H29ClF3N3O2S2.C19H30N2O2S/c33-23-9-5-20(6-10-23)26-3-1-2-4-27(26)30(40)21-15-17-39(18-16-21)24-11-7-22(8-12-24)31(41)38-43-25-13-14-28(37)29(19-25)42-32(34,35)36;1-19(2,3)23-18(22)21-14-12-20(13-15-21)11-7-8-16-24-17-9-5-4-6-10-17/h1-14,19,21,30,40H,15-18,37H2,(H,38,41);4-6,9-10H,7-8,11-16H2,1-3H3. The Morgan fingerprint density at radius 3 is 2.13 bits per heavy atom. The number of thioether (sulfide) groups is 2. The summed E-state index contributed by atoms with van der Waals surface area (Å²) in [5.74, 6) is 0.914. The Kier molecular flexibility index (Phi) is 19.1. The van der Waals surface area contributed by atoms with Gasteiger partial charge in [-0.15, -0.1) is 11.8 Å². The van der Waals surface area contributed by atoms with Gasteiger partial charge in [0.25, 0.3) is 5.91 Å². The summed E-state index contributed by atoms with van der Waals surface area (Å²) in [6.45, 7) is 11.8. The molecule has 2 aliphatic heterocycles. The number of unbranched alkanes of at least 4 members (excludes halogenated alkanes) is 1. The molecular weight excluding hydrogens is 935 g/mol. The van der Waals surface area contributed by atoms with Crippen molar-refractivity contribution in [3.05, 3.63) is 137 Å². The minimum atomic E-state index is -4.46. The number of halogens is 4. The molecule has 2 heterocycles. The first-order valence-corrected chi connectivity index (χ1v) is 25.4. The minimum Gasteiger partial charge on any atom is -0.444 e. The number of ether oxygens (including phenoxy) is 1. The van der Waals surface area contributed by atoms with Crippen LogP contribution in [-0.4, -0.2) is 89.6 Å². The van der Waals surface area contributed by atoms with E-state index in [-0.39, 0.29) is 40.3 Å². The fourth-order valence-electron chi connectivity index (χ4n) is 7.78. The number of piperidine rings is 1. The Morgan fingerprint density at radius 1 is 0.821 bits per heavy atom. The van der Waals surface area contributed by atoms with E-state index in [9.17, 15) is 27.9 Å². The molecule has 16 heteroatoms. The molecular formula is C51H59ClF3N5O4S3. The Morgan fingerprint density at radius 2 is 1.48 bits per heavy atom. The van der Waals surface area contributed by atoms with Gasteiger partial charge in [-0.25, -0.2) is 4.79 Å². The number of carbonyl (C=O) groups excluding carboxylic acids is 2. The molecule has 9 nitrogen and oxygen atoms in total. The smallest absolute Gasteiger partial charge is 0.444 e. The number of nitrogen functional groups attached to an aromatic ring is 1. The molecule has 0 aromatic heterocycles. The Bertz CT molecular complexity index is 2340. The molecule has 0 radical (unpaired) electrons. The number of carbonyl (C=O) groups is 2. The lowest BCUT2D eigenvalue weighted by atomic mass is 9.84. The molecule has 0 bridgehead atoms. The topological polar surface area (TPSA) is 111 Å². The van der Waals surface area contributed by atoms with Crippen molar-refractivity contribution < 1.29 is 32.6 Å². The first kappa shape index (κ1) is 51.9. The summed E-state index contributed by atoms with van der Waals surface area (Å²) in [7, 11) is 0. The number of nitrogens with zero attached hydrogens (tertiary/aromatic N) is 3. The lowest BCUT2D eigenvalue weighted by Gasteiger charge is -2.36. The van der Waals surface area contributed by atoms with E-state index in [0.717, 1.165) is 93.0 Å². The second-order valence-electron chi connectivity index (χ2n) is 17.4. The van der Waals surface area contributed by atoms with Crippen molar-refractivity contribution in [2.75, 3.05) is 62.2 Å². The Hall–Kier alpha value is -4.51. The number of piperazine rings is 1. The second kappa shape index (κ2) is 24.7. The molecule has 2 fully saturated rings. The summed E-state index contributed by atoms with van der Waals surface area (Å²) in [6.07, 6.45) is 3.29. The van der Waals surface area contributed by atoms with Crippen molar-refractivity contribution in [1.29, 1.82) is 0 Å². The predicted octanol–water partition coefficient (Wildman–Crippen LogP) is 12.7. The number of hydrogen-bond donors (Lipinski definition) is 3. The van der Waals surface area contributed by atoms with Crippen LogP contribution in [0.25, 0.3) is 11.1 Å². The van der Waals surface area contributed by atoms with Gasteiger partial charge in [0.15, 0.2) is 0 Å². The normalized spacial score (nSPS) is 15.3. The number of hydrogen-bond acceptors (Lipinski definition) is 10. The SMILES string of the molecule is CC(C)(C)OC(=O)N1CCN(CCCCSc2ccccc2)CC1.Nc1ccc(SNC(=O)c2ccc(N3CCC(C(O)c4ccccc4-c4ccc(Cl)cc4)CC3)cc2)cc1SC(F)(F)F. The molecule has 2 aliphatic rings. The number of nitrogens with two attached hydrogens (primary N) is 1. The quantitative estimate of drug-likeness (QED) is 0.0430. The van der Waals surface area contributed by atoms with E-state index < -0.39 is 17.2 Å². The molecule has 1 atom stereocenters. The van der Waals surface area contributed by atoms with Gasteiger partial charge in [-0.2, -0.15) is 13.2 Å². The molecule has 5 aromatic carbocycles. The largest absolute Gasteiger partial charge is 0.446 e. The van der Waals surface area contributed by atoms with Crippen molar-refractivity contribution >= 4 is 70.4 Å². The van der Waals surface area contributed by atoms with Crippen LogP contribution in [0.1, 0.15) is 68.5 Å². The number of aliphatic hydroxyl groups is 1. The zero-order valence-electron chi connectivity index (χ0n) is 38.0. The predicted molar refractivity (Wildman–Crippen MR) is 270 cm³/mol. The molecule has 67 heavy (non-hydrogen) atoms. The van der Waals surface area contributed by atoms with Crippen LogP contribution in [0, 0.1) is 5.92 Å². The average molecular weight is 995 g/mol. The fraction of sp³-hybridized carbons (Fsp3) is 0.373. The number of rotatable bonds is 14. The summed E-state index contributed by atoms with van der Waals surface area (Å²) in [5.41, 5.74) is 5.14. The van der Waals surface area contributed by atoms with Crippen molar-refractivity contribution in [3.63, 3.8) is 0 Å². The maximum absolute atomic E-state index is 12.8. The Labute approximate surface area is 410 Å². The van der Waals surface area contributed by atoms with Gasteiger partial charge >= 0.3 is 11.6 Å². The third kappa shape index (κ3) is 16.6. The lowest BCUT2D eigenvalue weighted by molar-refractivity contribution is -0.0328. The average Bonchev–Trinajstić information content (AvgIpc) is 3.31. The summed E-state index contributed by atoms with van der Waals surface area (Å²) in [4.78, 5) is 32.9. The van der Waals surface area contributed by atoms with Gasteiger partial charge in [0.05, 0.1) is 6.10 Å². The van der Waals surface area contributed by atoms with Crippen molar-refractivity contribution in [1.82, 2.24) is 14.5 Å². The molecule has 0 spiro atoms. The molecule has 5 aromatic rings. The third-order valence-corrected chi connectivity index (χ3v) is 14.2. The van der Waals surface area contributed by atoms with E-state index in [0.29, 0.717) is 15.5 Å². The van der Waals surface area contributed by atoms with Crippen LogP contribution in [0.2, 0.25) is 5.02 Å². The van der Waals surface area contributed by atoms with E-state index in [2.05, 4.69) is 44.9 Å². The zero-order valence-corrected chi connectivity index (χ0v) is 41.2. The van der Waals surface area contributed by atoms with E-state index in [1.54, 1.807) is 18.2 Å². The number of alkyl halides is 3. The zero-order chi connectivity index (χ0) is 48.0. The molecule has 7 rings (SSSR count). The summed E-state index contributed by atoms with van der Waals surface area (Å²) in [6, 6.07) is 37.6. The monoisotopic (exact) mass is 993 g/mol. The van der Waals surface area contributed by atoms with E-state index in [1.807, 2.05) is 98.1 Å². The van der Waals surface area contributed by atoms with Crippen LogP contribution in [0.4, 0.5) is 29.3 Å². The van der Waals surface area contributed by atoms with Gasteiger partial charge in [0.1, 0.15) is 5.60 Å². The van der Waals surface area contributed by atoms with Gasteiger partial charge in [-0.1, -0.05) is 66.2 Å². The van der Waals surface area contributed by atoms with Crippen LogP contribution in [0.15, 0.2) is 136 Å². The maximum Gasteiger partial charge on any atom is 0.446 e. The van der Waals surface area contributed by atoms with Gasteiger partial charge in [0, 0.05) is 75.9 Å². The molecule has 0 saturated carbocycles. The first-order valence-electron chi connectivity index (χ1n) is 22.4. The number of benzene rings is 5. The number of anilines is 2. The molecule has 1 unspecified atom stereocenters. The number of nitrogens with one attached hydrogen (secondary N) is 1. The van der Waals surface area contributed by atoms with Crippen LogP contribution < -0.4 is 15.4 Å². The number of amides is 2. The second-order valence-corrected chi connectivity index (χ2v) is 21.0. The number of aliphatic hydroxyl groups excluding tert-OH is 1. The summed E-state index contributed by atoms with van der Waals surface area (Å²) >= 11 is 8.64. The van der Waals surface area contributed by atoms with Crippen LogP contribution in [0.3, 0.4) is 0 Å². The van der Waals surface area contributed by atoms with Gasteiger partial charge < -0.3 is 25.4 Å². The third-order valence-electron chi connectivity index (χ3n) is 11.3. The molecule has 0 aliphatic carbocycles. The molecule has 358 valence electrons. The summed E-state index contributed by atoms with van der Waals surface area (Å²) < 4.78 is 46.4. The molecule has 4 N–H and O–H groups in total. The highest BCUT2D eigenvalue weighted by Crippen LogP contribution is 2.41. The maximum atomic E-state index is 12.8. The van der Waals surface area contributed by atoms with Gasteiger partial charge in [0.2, 0.25) is 0 Å².